The van der Waals surface area contributed by atoms with Crippen molar-refractivity contribution in [2.45, 2.75) is 53.1 Å². The van der Waals surface area contributed by atoms with Crippen LogP contribution in [0.25, 0.3) is 0 Å². The average molecular weight is 504 g/mol. The van der Waals surface area contributed by atoms with Crippen LogP contribution in [0.5, 0.6) is 5.75 Å². The third-order valence-corrected chi connectivity index (χ3v) is 6.84. The highest BCUT2D eigenvalue weighted by molar-refractivity contribution is 7.92. The van der Waals surface area contributed by atoms with Gasteiger partial charge in [-0.3, -0.25) is 13.9 Å². The molecule has 1 atom stereocenters. The van der Waals surface area contributed by atoms with Gasteiger partial charge in [0.25, 0.3) is 0 Å². The van der Waals surface area contributed by atoms with Gasteiger partial charge in [0.05, 0.1) is 19.1 Å². The Morgan fingerprint density at radius 3 is 2.37 bits per heavy atom. The molecule has 1 unspecified atom stereocenters. The Morgan fingerprint density at radius 1 is 1.09 bits per heavy atom. The molecule has 0 spiro atoms. The fourth-order valence-electron chi connectivity index (χ4n) is 3.72. The predicted octanol–water partition coefficient (Wildman–Crippen LogP) is 3.41. The molecule has 0 bridgehead atoms. The van der Waals surface area contributed by atoms with Crippen LogP contribution in [-0.4, -0.2) is 57.6 Å². The molecule has 2 rings (SSSR count). The number of amides is 2. The molecule has 2 aromatic rings. The van der Waals surface area contributed by atoms with Crippen molar-refractivity contribution in [3.63, 3.8) is 0 Å². The van der Waals surface area contributed by atoms with Gasteiger partial charge in [0.1, 0.15) is 18.3 Å². The zero-order valence-electron chi connectivity index (χ0n) is 21.5. The SMILES string of the molecule is CCCCNC(=O)C(C)N(Cc1cccc(C)c1)C(=O)CN(c1cc(C)ccc1OC)S(C)(=O)=O. The van der Waals surface area contributed by atoms with Gasteiger partial charge in [0, 0.05) is 13.1 Å². The minimum Gasteiger partial charge on any atom is -0.495 e. The second kappa shape index (κ2) is 12.6. The average Bonchev–Trinajstić information content (AvgIpc) is 2.79. The van der Waals surface area contributed by atoms with Crippen molar-refractivity contribution in [1.82, 2.24) is 10.2 Å². The van der Waals surface area contributed by atoms with E-state index in [-0.39, 0.29) is 18.1 Å². The summed E-state index contributed by atoms with van der Waals surface area (Å²) in [5, 5.41) is 2.87. The van der Waals surface area contributed by atoms with E-state index in [4.69, 9.17) is 4.74 Å². The molecule has 2 amide bonds. The van der Waals surface area contributed by atoms with Crippen molar-refractivity contribution in [2.75, 3.05) is 30.8 Å². The van der Waals surface area contributed by atoms with Crippen molar-refractivity contribution >= 4 is 27.5 Å². The molecule has 0 saturated heterocycles. The van der Waals surface area contributed by atoms with Gasteiger partial charge >= 0.3 is 0 Å². The number of nitrogens with zero attached hydrogens (tertiary/aromatic N) is 2. The van der Waals surface area contributed by atoms with Gasteiger partial charge in [0.15, 0.2) is 0 Å². The monoisotopic (exact) mass is 503 g/mol. The zero-order chi connectivity index (χ0) is 26.2. The first-order valence-corrected chi connectivity index (χ1v) is 13.6. The zero-order valence-corrected chi connectivity index (χ0v) is 22.3. The first-order chi connectivity index (χ1) is 16.5. The van der Waals surface area contributed by atoms with Crippen molar-refractivity contribution in [1.29, 1.82) is 0 Å². The number of hydrogen-bond acceptors (Lipinski definition) is 5. The van der Waals surface area contributed by atoms with E-state index in [9.17, 15) is 18.0 Å². The van der Waals surface area contributed by atoms with Crippen LogP contribution in [0.15, 0.2) is 42.5 Å². The molecule has 0 aromatic heterocycles. The summed E-state index contributed by atoms with van der Waals surface area (Å²) in [4.78, 5) is 27.9. The largest absolute Gasteiger partial charge is 0.495 e. The smallest absolute Gasteiger partial charge is 0.244 e. The van der Waals surface area contributed by atoms with Crippen molar-refractivity contribution < 1.29 is 22.7 Å². The minimum absolute atomic E-state index is 0.172. The first-order valence-electron chi connectivity index (χ1n) is 11.7. The van der Waals surface area contributed by atoms with Gasteiger partial charge < -0.3 is 15.0 Å². The first kappa shape index (κ1) is 28.2. The van der Waals surface area contributed by atoms with Gasteiger partial charge in [0.2, 0.25) is 21.8 Å². The maximum absolute atomic E-state index is 13.6. The van der Waals surface area contributed by atoms with Gasteiger partial charge in [-0.05, 0) is 50.5 Å². The van der Waals surface area contributed by atoms with Crippen LogP contribution < -0.4 is 14.4 Å². The summed E-state index contributed by atoms with van der Waals surface area (Å²) in [7, 11) is -2.39. The summed E-state index contributed by atoms with van der Waals surface area (Å²) < 4.78 is 31.9. The predicted molar refractivity (Wildman–Crippen MR) is 139 cm³/mol. The summed E-state index contributed by atoms with van der Waals surface area (Å²) in [5.74, 6) is -0.429. The van der Waals surface area contributed by atoms with E-state index < -0.39 is 28.5 Å². The second-order valence-electron chi connectivity index (χ2n) is 8.78. The van der Waals surface area contributed by atoms with Crippen molar-refractivity contribution in [3.8, 4) is 5.75 Å². The molecule has 0 aliphatic heterocycles. The number of hydrogen-bond donors (Lipinski definition) is 1. The standard InChI is InChI=1S/C26H37N3O5S/c1-7-8-14-27-26(31)21(4)28(17-22-11-9-10-19(2)15-22)25(30)18-29(35(6,32)33)23-16-20(3)12-13-24(23)34-5/h9-13,15-16,21H,7-8,14,17-18H2,1-6H3,(H,27,31). The van der Waals surface area contributed by atoms with Gasteiger partial charge in [-0.1, -0.05) is 49.2 Å². The van der Waals surface area contributed by atoms with Crippen LogP contribution in [0.1, 0.15) is 43.4 Å². The lowest BCUT2D eigenvalue weighted by molar-refractivity contribution is -0.139. The maximum Gasteiger partial charge on any atom is 0.244 e. The molecule has 2 aromatic carbocycles. The Balaban J connectivity index is 2.42. The Morgan fingerprint density at radius 2 is 1.77 bits per heavy atom. The molecular weight excluding hydrogens is 466 g/mol. The van der Waals surface area contributed by atoms with Crippen LogP contribution in [0, 0.1) is 13.8 Å². The van der Waals surface area contributed by atoms with Crippen molar-refractivity contribution in [2.24, 2.45) is 0 Å². The van der Waals surface area contributed by atoms with Crippen LogP contribution >= 0.6 is 0 Å². The fraction of sp³-hybridized carbons (Fsp3) is 0.462. The van der Waals surface area contributed by atoms with E-state index in [1.165, 1.54) is 12.0 Å². The number of carbonyl (C=O) groups is 2. The number of ether oxygens (including phenoxy) is 1. The highest BCUT2D eigenvalue weighted by Gasteiger charge is 2.31. The van der Waals surface area contributed by atoms with Crippen LogP contribution in [0.3, 0.4) is 0 Å². The number of aryl methyl sites for hydroxylation is 2. The summed E-state index contributed by atoms with van der Waals surface area (Å²) in [6.07, 6.45) is 2.81. The molecule has 9 heteroatoms. The molecule has 0 saturated carbocycles. The van der Waals surface area contributed by atoms with E-state index in [2.05, 4.69) is 5.32 Å². The maximum atomic E-state index is 13.6. The number of sulfonamides is 1. The number of anilines is 1. The highest BCUT2D eigenvalue weighted by atomic mass is 32.2. The number of methoxy groups -OCH3 is 1. The highest BCUT2D eigenvalue weighted by Crippen LogP contribution is 2.31. The number of carbonyl (C=O) groups excluding carboxylic acids is 2. The lowest BCUT2D eigenvalue weighted by Gasteiger charge is -2.32. The third-order valence-electron chi connectivity index (χ3n) is 5.71. The normalized spacial score (nSPS) is 12.1. The van der Waals surface area contributed by atoms with E-state index in [0.29, 0.717) is 12.3 Å². The number of benzene rings is 2. The summed E-state index contributed by atoms with van der Waals surface area (Å²) in [6, 6.07) is 12.0. The fourth-order valence-corrected chi connectivity index (χ4v) is 4.56. The second-order valence-corrected chi connectivity index (χ2v) is 10.7. The Labute approximate surface area is 209 Å². The molecule has 0 radical (unpaired) electrons. The topological polar surface area (TPSA) is 96.0 Å². The Bertz CT molecular complexity index is 1130. The molecule has 8 nitrogen and oxygen atoms in total. The number of nitrogens with one attached hydrogen (secondary N) is 1. The van der Waals surface area contributed by atoms with E-state index >= 15 is 0 Å². The Hall–Kier alpha value is -3.07. The van der Waals surface area contributed by atoms with Crippen molar-refractivity contribution in [3.05, 3.63) is 59.2 Å². The molecule has 0 heterocycles. The molecule has 35 heavy (non-hydrogen) atoms. The molecule has 192 valence electrons. The summed E-state index contributed by atoms with van der Waals surface area (Å²) >= 11 is 0. The lowest BCUT2D eigenvalue weighted by atomic mass is 10.1. The Kier molecular flexibility index (Phi) is 10.1. The lowest BCUT2D eigenvalue weighted by Crippen LogP contribution is -2.51. The van der Waals surface area contributed by atoms with Gasteiger partial charge in [-0.2, -0.15) is 0 Å². The van der Waals surface area contributed by atoms with E-state index in [1.807, 2.05) is 45.0 Å². The molecule has 0 aliphatic carbocycles. The van der Waals surface area contributed by atoms with E-state index in [0.717, 1.165) is 40.1 Å². The molecule has 0 fully saturated rings. The van der Waals surface area contributed by atoms with Crippen LogP contribution in [0.2, 0.25) is 0 Å². The molecular formula is C26H37N3O5S. The number of rotatable bonds is 12. The van der Waals surface area contributed by atoms with Gasteiger partial charge in [-0.25, -0.2) is 8.42 Å². The quantitative estimate of drug-likeness (QED) is 0.448. The summed E-state index contributed by atoms with van der Waals surface area (Å²) in [5.41, 5.74) is 2.98. The van der Waals surface area contributed by atoms with Gasteiger partial charge in [-0.15, -0.1) is 0 Å². The molecule has 1 N–H and O–H groups in total. The molecule has 0 aliphatic rings. The summed E-state index contributed by atoms with van der Waals surface area (Å²) in [6.45, 7) is 7.70. The third kappa shape index (κ3) is 7.99. The van der Waals surface area contributed by atoms with E-state index in [1.54, 1.807) is 25.1 Å². The number of unbranched alkanes of at least 4 members (excludes halogenated alkanes) is 1. The van der Waals surface area contributed by atoms with Crippen LogP contribution in [0.4, 0.5) is 5.69 Å². The van der Waals surface area contributed by atoms with Crippen LogP contribution in [-0.2, 0) is 26.2 Å². The minimum atomic E-state index is -3.83.